The van der Waals surface area contributed by atoms with Crippen LogP contribution in [0.5, 0.6) is 0 Å². The SMILES string of the molecule is CCNC(=NCCN(C)C(C)CC)N(C)Cc1cccn1C. The lowest BCUT2D eigenvalue weighted by atomic mass is 10.2. The van der Waals surface area contributed by atoms with Crippen LogP contribution in [0.1, 0.15) is 32.9 Å². The van der Waals surface area contributed by atoms with E-state index in [9.17, 15) is 0 Å². The third kappa shape index (κ3) is 5.72. The zero-order valence-corrected chi connectivity index (χ0v) is 15.1. The minimum Gasteiger partial charge on any atom is -0.357 e. The van der Waals surface area contributed by atoms with Crippen LogP contribution in [-0.4, -0.2) is 60.1 Å². The van der Waals surface area contributed by atoms with E-state index in [4.69, 9.17) is 4.99 Å². The molecule has 0 amide bonds. The fourth-order valence-corrected chi connectivity index (χ4v) is 2.29. The molecule has 0 spiro atoms. The van der Waals surface area contributed by atoms with E-state index in [1.165, 1.54) is 12.1 Å². The second kappa shape index (κ2) is 9.51. The number of likely N-dealkylation sites (N-methyl/N-ethyl adjacent to an activating group) is 1. The monoisotopic (exact) mass is 307 g/mol. The standard InChI is InChI=1S/C17H33N5/c1-7-15(3)20(4)13-11-19-17(18-8-2)22(6)14-16-10-9-12-21(16)5/h9-10,12,15H,7-8,11,13-14H2,1-6H3,(H,18,19). The number of nitrogens with zero attached hydrogens (tertiary/aromatic N) is 4. The van der Waals surface area contributed by atoms with E-state index >= 15 is 0 Å². The van der Waals surface area contributed by atoms with Crippen LogP contribution in [0.4, 0.5) is 0 Å². The normalized spacial score (nSPS) is 13.5. The van der Waals surface area contributed by atoms with Gasteiger partial charge in [0.25, 0.3) is 0 Å². The lowest BCUT2D eigenvalue weighted by Gasteiger charge is -2.24. The summed E-state index contributed by atoms with van der Waals surface area (Å²) in [5.74, 6) is 0.973. The van der Waals surface area contributed by atoms with Gasteiger partial charge in [-0.25, -0.2) is 0 Å². The molecule has 1 N–H and O–H groups in total. The third-order valence-electron chi connectivity index (χ3n) is 4.20. The summed E-state index contributed by atoms with van der Waals surface area (Å²) in [5, 5.41) is 3.38. The number of aliphatic imine (C=N–C) groups is 1. The molecule has 0 radical (unpaired) electrons. The van der Waals surface area contributed by atoms with Gasteiger partial charge in [-0.2, -0.15) is 0 Å². The molecule has 0 aliphatic heterocycles. The molecule has 0 saturated carbocycles. The van der Waals surface area contributed by atoms with Crippen molar-refractivity contribution in [3.05, 3.63) is 24.0 Å². The first kappa shape index (κ1) is 18.6. The Hall–Kier alpha value is -1.49. The molecule has 0 aromatic carbocycles. The maximum atomic E-state index is 4.76. The van der Waals surface area contributed by atoms with E-state index in [0.29, 0.717) is 6.04 Å². The van der Waals surface area contributed by atoms with E-state index in [2.05, 4.69) is 79.9 Å². The quantitative estimate of drug-likeness (QED) is 0.590. The Balaban J connectivity index is 2.59. The van der Waals surface area contributed by atoms with Gasteiger partial charge < -0.3 is 19.7 Å². The van der Waals surface area contributed by atoms with Gasteiger partial charge in [0.15, 0.2) is 5.96 Å². The molecule has 22 heavy (non-hydrogen) atoms. The highest BCUT2D eigenvalue weighted by molar-refractivity contribution is 5.79. The van der Waals surface area contributed by atoms with Crippen molar-refractivity contribution in [2.45, 2.75) is 39.8 Å². The molecule has 1 aromatic heterocycles. The predicted octanol–water partition coefficient (Wildman–Crippen LogP) is 2.15. The summed E-state index contributed by atoms with van der Waals surface area (Å²) in [7, 11) is 6.34. The molecule has 5 nitrogen and oxygen atoms in total. The number of rotatable bonds is 8. The number of nitrogens with one attached hydrogen (secondary N) is 1. The molecule has 1 heterocycles. The summed E-state index contributed by atoms with van der Waals surface area (Å²) in [5.41, 5.74) is 1.28. The van der Waals surface area contributed by atoms with Gasteiger partial charge in [0, 0.05) is 45.1 Å². The molecule has 1 atom stereocenters. The molecule has 1 aromatic rings. The van der Waals surface area contributed by atoms with Crippen LogP contribution in [0, 0.1) is 0 Å². The summed E-state index contributed by atoms with van der Waals surface area (Å²) in [6, 6.07) is 4.84. The fourth-order valence-electron chi connectivity index (χ4n) is 2.29. The fraction of sp³-hybridized carbons (Fsp3) is 0.706. The van der Waals surface area contributed by atoms with Gasteiger partial charge in [0.2, 0.25) is 0 Å². The summed E-state index contributed by atoms with van der Waals surface area (Å²) in [4.78, 5) is 9.31. The van der Waals surface area contributed by atoms with Gasteiger partial charge in [-0.3, -0.25) is 4.99 Å². The summed E-state index contributed by atoms with van der Waals surface area (Å²) in [6.07, 6.45) is 3.25. The first-order chi connectivity index (χ1) is 10.5. The first-order valence-electron chi connectivity index (χ1n) is 8.29. The predicted molar refractivity (Wildman–Crippen MR) is 95.2 cm³/mol. The van der Waals surface area contributed by atoms with Crippen molar-refractivity contribution in [3.8, 4) is 0 Å². The third-order valence-corrected chi connectivity index (χ3v) is 4.20. The van der Waals surface area contributed by atoms with Gasteiger partial charge >= 0.3 is 0 Å². The van der Waals surface area contributed by atoms with Gasteiger partial charge in [-0.1, -0.05) is 6.92 Å². The smallest absolute Gasteiger partial charge is 0.194 e. The van der Waals surface area contributed by atoms with Gasteiger partial charge in [-0.05, 0) is 39.4 Å². The highest BCUT2D eigenvalue weighted by atomic mass is 15.3. The van der Waals surface area contributed by atoms with Crippen LogP contribution < -0.4 is 5.32 Å². The number of aromatic nitrogens is 1. The van der Waals surface area contributed by atoms with Crippen LogP contribution >= 0.6 is 0 Å². The summed E-state index contributed by atoms with van der Waals surface area (Å²) < 4.78 is 2.15. The molecule has 0 aliphatic rings. The molecular weight excluding hydrogens is 274 g/mol. The summed E-state index contributed by atoms with van der Waals surface area (Å²) in [6.45, 7) is 10.1. The zero-order chi connectivity index (χ0) is 16.5. The van der Waals surface area contributed by atoms with Crippen molar-refractivity contribution in [2.75, 3.05) is 33.7 Å². The minimum absolute atomic E-state index is 0.610. The van der Waals surface area contributed by atoms with Crippen molar-refractivity contribution >= 4 is 5.96 Å². The van der Waals surface area contributed by atoms with Gasteiger partial charge in [0.05, 0.1) is 13.1 Å². The number of hydrogen-bond donors (Lipinski definition) is 1. The Kier molecular flexibility index (Phi) is 8.02. The number of hydrogen-bond acceptors (Lipinski definition) is 2. The second-order valence-electron chi connectivity index (χ2n) is 5.94. The van der Waals surface area contributed by atoms with Crippen LogP contribution in [0.25, 0.3) is 0 Å². The lowest BCUT2D eigenvalue weighted by Crippen LogP contribution is -2.39. The Labute approximate surface area is 136 Å². The van der Waals surface area contributed by atoms with Crippen LogP contribution in [0.2, 0.25) is 0 Å². The van der Waals surface area contributed by atoms with Crippen molar-refractivity contribution in [1.29, 1.82) is 0 Å². The van der Waals surface area contributed by atoms with Crippen molar-refractivity contribution in [1.82, 2.24) is 19.7 Å². The van der Waals surface area contributed by atoms with Crippen LogP contribution in [0.3, 0.4) is 0 Å². The molecule has 1 rings (SSSR count). The van der Waals surface area contributed by atoms with Crippen molar-refractivity contribution in [2.24, 2.45) is 12.0 Å². The van der Waals surface area contributed by atoms with Crippen LogP contribution in [0.15, 0.2) is 23.3 Å². The number of guanidine groups is 1. The lowest BCUT2D eigenvalue weighted by molar-refractivity contribution is 0.258. The average molecular weight is 307 g/mol. The molecule has 1 unspecified atom stereocenters. The Morgan fingerprint density at radius 2 is 2.09 bits per heavy atom. The highest BCUT2D eigenvalue weighted by Gasteiger charge is 2.09. The molecule has 0 saturated heterocycles. The van der Waals surface area contributed by atoms with E-state index in [1.807, 2.05) is 0 Å². The van der Waals surface area contributed by atoms with Gasteiger partial charge in [0.1, 0.15) is 0 Å². The molecule has 0 bridgehead atoms. The van der Waals surface area contributed by atoms with E-state index in [1.54, 1.807) is 0 Å². The first-order valence-corrected chi connectivity index (χ1v) is 8.29. The van der Waals surface area contributed by atoms with Crippen LogP contribution in [-0.2, 0) is 13.6 Å². The minimum atomic E-state index is 0.610. The second-order valence-corrected chi connectivity index (χ2v) is 5.94. The average Bonchev–Trinajstić information content (AvgIpc) is 2.90. The zero-order valence-electron chi connectivity index (χ0n) is 15.1. The molecule has 5 heteroatoms. The summed E-state index contributed by atoms with van der Waals surface area (Å²) >= 11 is 0. The van der Waals surface area contributed by atoms with E-state index in [-0.39, 0.29) is 0 Å². The Morgan fingerprint density at radius 1 is 1.36 bits per heavy atom. The van der Waals surface area contributed by atoms with Gasteiger partial charge in [-0.15, -0.1) is 0 Å². The number of aryl methyl sites for hydroxylation is 1. The highest BCUT2D eigenvalue weighted by Crippen LogP contribution is 2.04. The van der Waals surface area contributed by atoms with Crippen molar-refractivity contribution < 1.29 is 0 Å². The topological polar surface area (TPSA) is 35.8 Å². The van der Waals surface area contributed by atoms with Crippen molar-refractivity contribution in [3.63, 3.8) is 0 Å². The molecular formula is C17H33N5. The Bertz CT molecular complexity index is 452. The molecule has 0 fully saturated rings. The largest absolute Gasteiger partial charge is 0.357 e. The maximum absolute atomic E-state index is 4.76. The maximum Gasteiger partial charge on any atom is 0.194 e. The molecule has 0 aliphatic carbocycles. The van der Waals surface area contributed by atoms with E-state index in [0.717, 1.165) is 32.1 Å². The van der Waals surface area contributed by atoms with E-state index < -0.39 is 0 Å². The molecule has 126 valence electrons. The Morgan fingerprint density at radius 3 is 2.64 bits per heavy atom.